The zero-order valence-corrected chi connectivity index (χ0v) is 17.2. The van der Waals surface area contributed by atoms with Crippen LogP contribution in [0.3, 0.4) is 0 Å². The smallest absolute Gasteiger partial charge is 0.260 e. The van der Waals surface area contributed by atoms with Gasteiger partial charge in [0.15, 0.2) is 6.61 Å². The van der Waals surface area contributed by atoms with E-state index in [9.17, 15) is 9.59 Å². The van der Waals surface area contributed by atoms with Crippen LogP contribution >= 0.6 is 24.0 Å². The van der Waals surface area contributed by atoms with Gasteiger partial charge < -0.3 is 25.4 Å². The Morgan fingerprint density at radius 3 is 2.48 bits per heavy atom. The molecule has 0 atom stereocenters. The molecule has 0 unspecified atom stereocenters. The van der Waals surface area contributed by atoms with Gasteiger partial charge in [-0.3, -0.25) is 9.59 Å². The van der Waals surface area contributed by atoms with Crippen LogP contribution in [0.5, 0.6) is 5.75 Å². The van der Waals surface area contributed by atoms with Crippen LogP contribution in [0.15, 0.2) is 18.2 Å². The van der Waals surface area contributed by atoms with Crippen molar-refractivity contribution >= 4 is 41.5 Å². The van der Waals surface area contributed by atoms with Crippen LogP contribution in [0.2, 0.25) is 5.02 Å². The topological polar surface area (TPSA) is 93.9 Å². The monoisotopic (exact) mass is 419 g/mol. The fourth-order valence-corrected chi connectivity index (χ4v) is 2.96. The minimum atomic E-state index is -0.934. The number of hydrogen-bond donors (Lipinski definition) is 2. The lowest BCUT2D eigenvalue weighted by atomic mass is 9.90. The number of nitrogens with one attached hydrogen (secondary N) is 1. The first-order valence-corrected chi connectivity index (χ1v) is 9.15. The predicted octanol–water partition coefficient (Wildman–Crippen LogP) is 2.46. The Hall–Kier alpha value is -1.54. The van der Waals surface area contributed by atoms with E-state index in [2.05, 4.69) is 5.32 Å². The maximum atomic E-state index is 12.4. The van der Waals surface area contributed by atoms with E-state index >= 15 is 0 Å². The Labute approximate surface area is 170 Å². The van der Waals surface area contributed by atoms with E-state index in [-0.39, 0.29) is 30.8 Å². The summed E-state index contributed by atoms with van der Waals surface area (Å²) >= 11 is 6.21. The van der Waals surface area contributed by atoms with Gasteiger partial charge in [-0.2, -0.15) is 0 Å². The largest absolute Gasteiger partial charge is 0.482 e. The number of nitrogens with two attached hydrogens (primary N) is 1. The molecule has 1 aliphatic rings. The molecule has 0 spiro atoms. The van der Waals surface area contributed by atoms with Gasteiger partial charge >= 0.3 is 0 Å². The van der Waals surface area contributed by atoms with Gasteiger partial charge in [0, 0.05) is 32.0 Å². The van der Waals surface area contributed by atoms with Crippen LogP contribution in [-0.2, 0) is 14.3 Å². The minimum absolute atomic E-state index is 0. The van der Waals surface area contributed by atoms with Gasteiger partial charge in [-0.05, 0) is 44.9 Å². The van der Waals surface area contributed by atoms with Crippen LogP contribution in [0.25, 0.3) is 0 Å². The van der Waals surface area contributed by atoms with Gasteiger partial charge in [0.05, 0.1) is 5.02 Å². The first kappa shape index (κ1) is 23.5. The highest BCUT2D eigenvalue weighted by atomic mass is 35.5. The summed E-state index contributed by atoms with van der Waals surface area (Å²) in [5, 5.41) is 3.10. The van der Waals surface area contributed by atoms with Crippen molar-refractivity contribution in [2.45, 2.75) is 32.2 Å². The van der Waals surface area contributed by atoms with Crippen molar-refractivity contribution < 1.29 is 19.1 Å². The van der Waals surface area contributed by atoms with Crippen molar-refractivity contribution in [3.63, 3.8) is 0 Å². The van der Waals surface area contributed by atoms with Crippen molar-refractivity contribution in [2.75, 3.05) is 38.2 Å². The molecule has 9 heteroatoms. The molecule has 2 amide bonds. The highest BCUT2D eigenvalue weighted by Gasteiger charge is 2.35. The fourth-order valence-electron chi connectivity index (χ4n) is 2.72. The number of rotatable bonds is 7. The molecule has 0 aromatic heterocycles. The Kier molecular flexibility index (Phi) is 9.32. The van der Waals surface area contributed by atoms with Crippen LogP contribution in [0, 0.1) is 0 Å². The molecule has 1 saturated heterocycles. The summed E-state index contributed by atoms with van der Waals surface area (Å²) in [7, 11) is 0. The van der Waals surface area contributed by atoms with Gasteiger partial charge in [-0.1, -0.05) is 11.6 Å². The normalized spacial score (nSPS) is 15.4. The molecular weight excluding hydrogens is 393 g/mol. The second kappa shape index (κ2) is 10.7. The van der Waals surface area contributed by atoms with Gasteiger partial charge in [-0.15, -0.1) is 12.4 Å². The van der Waals surface area contributed by atoms with E-state index in [4.69, 9.17) is 26.8 Å². The maximum absolute atomic E-state index is 12.4. The summed E-state index contributed by atoms with van der Waals surface area (Å²) in [6, 6.07) is 4.88. The van der Waals surface area contributed by atoms with Crippen LogP contribution in [-0.4, -0.2) is 55.2 Å². The Balaban J connectivity index is 0.00000364. The molecular formula is C18H27Cl2N3O4. The number of amides is 2. The highest BCUT2D eigenvalue weighted by molar-refractivity contribution is 6.32. The summed E-state index contributed by atoms with van der Waals surface area (Å²) in [6.45, 7) is 5.94. The standard InChI is InChI=1S/C18H26ClN3O4.ClH/c1-3-22(4-2)16(23)12-26-15-6-5-13(11-14(15)19)21-17(24)18(20)7-9-25-10-8-18;/h5-6,11H,3-4,7-10,12,20H2,1-2H3,(H,21,24);1H. The van der Waals surface area contributed by atoms with E-state index in [0.29, 0.717) is 55.6 Å². The summed E-state index contributed by atoms with van der Waals surface area (Å²) < 4.78 is 10.8. The van der Waals surface area contributed by atoms with Gasteiger partial charge in [0.2, 0.25) is 5.91 Å². The lowest BCUT2D eigenvalue weighted by molar-refractivity contribution is -0.133. The number of anilines is 1. The SMILES string of the molecule is CCN(CC)C(=O)COc1ccc(NC(=O)C2(N)CCOCC2)cc1Cl.Cl. The molecule has 0 bridgehead atoms. The molecule has 3 N–H and O–H groups in total. The quantitative estimate of drug-likeness (QED) is 0.707. The molecule has 0 radical (unpaired) electrons. The van der Waals surface area contributed by atoms with Gasteiger partial charge in [-0.25, -0.2) is 0 Å². The second-order valence-corrected chi connectivity index (χ2v) is 6.63. The van der Waals surface area contributed by atoms with Crippen LogP contribution in [0.4, 0.5) is 5.69 Å². The summed E-state index contributed by atoms with van der Waals surface area (Å²) in [5.74, 6) is 0.0222. The minimum Gasteiger partial charge on any atom is -0.482 e. The van der Waals surface area contributed by atoms with E-state index in [1.165, 1.54) is 0 Å². The van der Waals surface area contributed by atoms with Gasteiger partial charge in [0.25, 0.3) is 5.91 Å². The van der Waals surface area contributed by atoms with Crippen molar-refractivity contribution in [1.82, 2.24) is 4.90 Å². The molecule has 2 rings (SSSR count). The number of ether oxygens (including phenoxy) is 2. The highest BCUT2D eigenvalue weighted by Crippen LogP contribution is 2.29. The first-order valence-electron chi connectivity index (χ1n) is 8.78. The van der Waals surface area contributed by atoms with Crippen LogP contribution < -0.4 is 15.8 Å². The average Bonchev–Trinajstić information content (AvgIpc) is 2.62. The zero-order valence-electron chi connectivity index (χ0n) is 15.6. The van der Waals surface area contributed by atoms with E-state index < -0.39 is 5.54 Å². The number of hydrogen-bond acceptors (Lipinski definition) is 5. The van der Waals surface area contributed by atoms with E-state index in [0.717, 1.165) is 0 Å². The number of halogens is 2. The average molecular weight is 420 g/mol. The summed E-state index contributed by atoms with van der Waals surface area (Å²) in [4.78, 5) is 26.1. The fraction of sp³-hybridized carbons (Fsp3) is 0.556. The molecule has 27 heavy (non-hydrogen) atoms. The van der Waals surface area contributed by atoms with Crippen LogP contribution in [0.1, 0.15) is 26.7 Å². The first-order chi connectivity index (χ1) is 12.4. The number of benzene rings is 1. The maximum Gasteiger partial charge on any atom is 0.260 e. The van der Waals surface area contributed by atoms with Crippen molar-refractivity contribution in [2.24, 2.45) is 5.73 Å². The lowest BCUT2D eigenvalue weighted by Gasteiger charge is -2.31. The number of carbonyl (C=O) groups is 2. The third-order valence-electron chi connectivity index (χ3n) is 4.49. The van der Waals surface area contributed by atoms with Crippen molar-refractivity contribution in [1.29, 1.82) is 0 Å². The lowest BCUT2D eigenvalue weighted by Crippen LogP contribution is -2.54. The van der Waals surface area contributed by atoms with E-state index in [1.807, 2.05) is 13.8 Å². The summed E-state index contributed by atoms with van der Waals surface area (Å²) in [5.41, 5.74) is 5.75. The van der Waals surface area contributed by atoms with Crippen molar-refractivity contribution in [3.8, 4) is 5.75 Å². The molecule has 1 aromatic carbocycles. The molecule has 7 nitrogen and oxygen atoms in total. The molecule has 152 valence electrons. The molecule has 1 heterocycles. The third kappa shape index (κ3) is 6.24. The van der Waals surface area contributed by atoms with E-state index in [1.54, 1.807) is 23.1 Å². The predicted molar refractivity (Wildman–Crippen MR) is 108 cm³/mol. The Morgan fingerprint density at radius 1 is 1.30 bits per heavy atom. The molecule has 0 saturated carbocycles. The Morgan fingerprint density at radius 2 is 1.93 bits per heavy atom. The molecule has 1 aliphatic heterocycles. The van der Waals surface area contributed by atoms with Crippen molar-refractivity contribution in [3.05, 3.63) is 23.2 Å². The molecule has 1 fully saturated rings. The Bertz CT molecular complexity index is 647. The molecule has 1 aromatic rings. The number of nitrogens with zero attached hydrogens (tertiary/aromatic N) is 1. The number of likely N-dealkylation sites (N-methyl/N-ethyl adjacent to an activating group) is 1. The third-order valence-corrected chi connectivity index (χ3v) is 4.79. The summed E-state index contributed by atoms with van der Waals surface area (Å²) in [6.07, 6.45) is 0.947. The number of carbonyl (C=O) groups excluding carboxylic acids is 2. The zero-order chi connectivity index (χ0) is 19.2. The second-order valence-electron chi connectivity index (χ2n) is 6.22. The molecule has 0 aliphatic carbocycles. The van der Waals surface area contributed by atoms with Gasteiger partial charge in [0.1, 0.15) is 11.3 Å².